The summed E-state index contributed by atoms with van der Waals surface area (Å²) in [6.07, 6.45) is 0. The Hall–Kier alpha value is -2.16. The lowest BCUT2D eigenvalue weighted by Crippen LogP contribution is -2.23. The summed E-state index contributed by atoms with van der Waals surface area (Å²) in [4.78, 5) is 21.9. The van der Waals surface area contributed by atoms with Crippen LogP contribution in [0, 0.1) is 0 Å². The molecule has 1 amide bonds. The molecule has 0 saturated carbocycles. The number of nitrogens with one attached hydrogen (secondary N) is 2. The van der Waals surface area contributed by atoms with Crippen molar-refractivity contribution >= 4 is 17.8 Å². The maximum absolute atomic E-state index is 10.5. The van der Waals surface area contributed by atoms with Crippen molar-refractivity contribution in [3.63, 3.8) is 0 Å². The smallest absolute Gasteiger partial charge is 0.322 e. The zero-order valence-corrected chi connectivity index (χ0v) is 8.02. The lowest BCUT2D eigenvalue weighted by atomic mass is 10.6. The summed E-state index contributed by atoms with van der Waals surface area (Å²) in [6, 6.07) is 0.0740. The number of anilines is 2. The number of primary amides is 1. The van der Waals surface area contributed by atoms with Crippen molar-refractivity contribution in [3.8, 4) is 6.01 Å². The molecule has 0 radical (unpaired) electrons. The van der Waals surface area contributed by atoms with E-state index in [1.807, 2.05) is 0 Å². The number of nitrogens with two attached hydrogens (primary N) is 2. The first-order chi connectivity index (χ1) is 7.15. The van der Waals surface area contributed by atoms with Gasteiger partial charge in [0.2, 0.25) is 17.8 Å². The van der Waals surface area contributed by atoms with E-state index >= 15 is 0 Å². The van der Waals surface area contributed by atoms with Gasteiger partial charge in [-0.2, -0.15) is 15.0 Å². The van der Waals surface area contributed by atoms with Crippen LogP contribution >= 0.6 is 0 Å². The maximum Gasteiger partial charge on any atom is 0.322 e. The maximum atomic E-state index is 10.5. The van der Waals surface area contributed by atoms with Crippen LogP contribution in [-0.4, -0.2) is 34.5 Å². The third kappa shape index (κ3) is 3.23. The minimum absolute atomic E-state index is 0.0740. The van der Waals surface area contributed by atoms with Gasteiger partial charge in [-0.3, -0.25) is 10.2 Å². The van der Waals surface area contributed by atoms with Crippen LogP contribution in [0.4, 0.5) is 11.9 Å². The molecule has 0 aliphatic rings. The summed E-state index contributed by atoms with van der Waals surface area (Å²) in [7, 11) is 1.40. The number of hydrogen-bond acceptors (Lipinski definition) is 8. The third-order valence-corrected chi connectivity index (χ3v) is 1.35. The first kappa shape index (κ1) is 10.9. The van der Waals surface area contributed by atoms with E-state index in [1.165, 1.54) is 7.11 Å². The second-order valence-electron chi connectivity index (χ2n) is 2.43. The number of hydrazine groups is 1. The number of amides is 1. The van der Waals surface area contributed by atoms with Crippen LogP contribution in [-0.2, 0) is 4.79 Å². The lowest BCUT2D eigenvalue weighted by Gasteiger charge is -2.05. The van der Waals surface area contributed by atoms with E-state index in [0.717, 1.165) is 0 Å². The molecule has 1 rings (SSSR count). The van der Waals surface area contributed by atoms with Gasteiger partial charge in [0.25, 0.3) is 0 Å². The molecule has 82 valence electrons. The lowest BCUT2D eigenvalue weighted by molar-refractivity contribution is -0.116. The number of rotatable bonds is 5. The number of nitrogen functional groups attached to an aromatic ring is 1. The van der Waals surface area contributed by atoms with Gasteiger partial charge in [-0.15, -0.1) is 0 Å². The molecular weight excluding hydrogens is 202 g/mol. The average Bonchev–Trinajstić information content (AvgIpc) is 2.25. The van der Waals surface area contributed by atoms with Crippen molar-refractivity contribution < 1.29 is 9.53 Å². The monoisotopic (exact) mass is 213 g/mol. The van der Waals surface area contributed by atoms with Crippen molar-refractivity contribution in [1.29, 1.82) is 0 Å². The Balaban J connectivity index is 2.81. The molecular formula is C6H11N7O2. The molecule has 9 heteroatoms. The fraction of sp³-hybridized carbons (Fsp3) is 0.333. The van der Waals surface area contributed by atoms with E-state index in [1.54, 1.807) is 0 Å². The number of nitrogens with zero attached hydrogens (tertiary/aromatic N) is 3. The van der Waals surface area contributed by atoms with E-state index in [2.05, 4.69) is 25.7 Å². The highest BCUT2D eigenvalue weighted by molar-refractivity contribution is 5.78. The van der Waals surface area contributed by atoms with Gasteiger partial charge in [0, 0.05) is 0 Å². The second-order valence-corrected chi connectivity index (χ2v) is 2.43. The molecule has 0 atom stereocenters. The molecule has 0 saturated heterocycles. The van der Waals surface area contributed by atoms with Crippen molar-refractivity contribution in [1.82, 2.24) is 15.0 Å². The molecule has 0 aliphatic heterocycles. The van der Waals surface area contributed by atoms with E-state index in [4.69, 9.17) is 16.3 Å². The van der Waals surface area contributed by atoms with Gasteiger partial charge in [0.1, 0.15) is 0 Å². The van der Waals surface area contributed by atoms with Crippen LogP contribution in [0.5, 0.6) is 6.01 Å². The van der Waals surface area contributed by atoms with Crippen molar-refractivity contribution in [3.05, 3.63) is 0 Å². The quantitative estimate of drug-likeness (QED) is 0.327. The number of ether oxygens (including phenoxy) is 1. The number of carbonyl (C=O) groups excluding carboxylic acids is 1. The first-order valence-corrected chi connectivity index (χ1v) is 3.94. The summed E-state index contributed by atoms with van der Waals surface area (Å²) in [5.41, 5.74) is 7.17. The molecule has 0 bridgehead atoms. The Bertz CT molecular complexity index is 333. The SMILES string of the molecule is COc1nc(NN)nc(NCC(N)=O)n1. The Morgan fingerprint density at radius 1 is 1.40 bits per heavy atom. The van der Waals surface area contributed by atoms with Gasteiger partial charge in [-0.1, -0.05) is 0 Å². The van der Waals surface area contributed by atoms with Crippen LogP contribution in [0.25, 0.3) is 0 Å². The van der Waals surface area contributed by atoms with Gasteiger partial charge in [-0.25, -0.2) is 5.84 Å². The summed E-state index contributed by atoms with van der Waals surface area (Å²) in [5, 5.41) is 2.58. The molecule has 0 fully saturated rings. The highest BCUT2D eigenvalue weighted by Crippen LogP contribution is 2.08. The summed E-state index contributed by atoms with van der Waals surface area (Å²) < 4.78 is 4.79. The van der Waals surface area contributed by atoms with Crippen LogP contribution in [0.2, 0.25) is 0 Å². The van der Waals surface area contributed by atoms with Gasteiger partial charge in [0.05, 0.1) is 13.7 Å². The number of hydrogen-bond donors (Lipinski definition) is 4. The molecule has 1 aromatic rings. The van der Waals surface area contributed by atoms with Crippen molar-refractivity contribution in [2.24, 2.45) is 11.6 Å². The Labute approximate surface area is 85.2 Å². The minimum atomic E-state index is -0.531. The van der Waals surface area contributed by atoms with Crippen LogP contribution in [0.3, 0.4) is 0 Å². The molecule has 0 aromatic carbocycles. The topological polar surface area (TPSA) is 141 Å². The summed E-state index contributed by atoms with van der Waals surface area (Å²) >= 11 is 0. The normalized spacial score (nSPS) is 9.47. The molecule has 0 unspecified atom stereocenters. The first-order valence-electron chi connectivity index (χ1n) is 3.94. The van der Waals surface area contributed by atoms with Gasteiger partial charge >= 0.3 is 6.01 Å². The number of methoxy groups -OCH3 is 1. The third-order valence-electron chi connectivity index (χ3n) is 1.35. The second kappa shape index (κ2) is 4.91. The molecule has 15 heavy (non-hydrogen) atoms. The standard InChI is InChI=1S/C6H11N7O2/c1-15-6-11-4(9-2-3(7)14)10-5(12-6)13-8/h2,8H2,1H3,(H2,7,14)(H2,9,10,11,12,13). The van der Waals surface area contributed by atoms with Crippen LogP contribution in [0.1, 0.15) is 0 Å². The number of carbonyl (C=O) groups is 1. The number of aromatic nitrogens is 3. The predicted octanol–water partition coefficient (Wildman–Crippen LogP) is -1.94. The highest BCUT2D eigenvalue weighted by Gasteiger charge is 2.05. The Morgan fingerprint density at radius 3 is 2.60 bits per heavy atom. The van der Waals surface area contributed by atoms with Gasteiger partial charge < -0.3 is 15.8 Å². The zero-order valence-electron chi connectivity index (χ0n) is 8.02. The molecule has 6 N–H and O–H groups in total. The zero-order chi connectivity index (χ0) is 11.3. The molecule has 1 heterocycles. The predicted molar refractivity (Wildman–Crippen MR) is 51.9 cm³/mol. The van der Waals surface area contributed by atoms with Crippen LogP contribution < -0.4 is 27.1 Å². The summed E-state index contributed by atoms with van der Waals surface area (Å²) in [5.74, 6) is 4.86. The Morgan fingerprint density at radius 2 is 2.07 bits per heavy atom. The van der Waals surface area contributed by atoms with Crippen molar-refractivity contribution in [2.75, 3.05) is 24.4 Å². The molecule has 1 aromatic heterocycles. The van der Waals surface area contributed by atoms with Crippen LogP contribution in [0.15, 0.2) is 0 Å². The molecule has 0 spiro atoms. The van der Waals surface area contributed by atoms with E-state index in [0.29, 0.717) is 0 Å². The average molecular weight is 213 g/mol. The van der Waals surface area contributed by atoms with Crippen molar-refractivity contribution in [2.45, 2.75) is 0 Å². The molecule has 9 nitrogen and oxygen atoms in total. The van der Waals surface area contributed by atoms with E-state index in [9.17, 15) is 4.79 Å². The van der Waals surface area contributed by atoms with E-state index < -0.39 is 5.91 Å². The van der Waals surface area contributed by atoms with Gasteiger partial charge in [0.15, 0.2) is 0 Å². The summed E-state index contributed by atoms with van der Waals surface area (Å²) in [6.45, 7) is -0.0861. The van der Waals surface area contributed by atoms with Gasteiger partial charge in [-0.05, 0) is 0 Å². The molecule has 0 aliphatic carbocycles. The fourth-order valence-corrected chi connectivity index (χ4v) is 0.758. The fourth-order valence-electron chi connectivity index (χ4n) is 0.758. The minimum Gasteiger partial charge on any atom is -0.467 e. The van der Waals surface area contributed by atoms with E-state index in [-0.39, 0.29) is 24.5 Å². The highest BCUT2D eigenvalue weighted by atomic mass is 16.5. The largest absolute Gasteiger partial charge is 0.467 e. The Kier molecular flexibility index (Phi) is 3.57.